The Morgan fingerprint density at radius 2 is 1.33 bits per heavy atom. The largest absolute Gasteiger partial charge is 0.416 e. The second-order valence-electron chi connectivity index (χ2n) is 14.2. The van der Waals surface area contributed by atoms with Gasteiger partial charge in [-0.2, -0.15) is 26.3 Å². The Morgan fingerprint density at radius 3 is 1.93 bits per heavy atom. The number of para-hydroxylation sites is 1. The van der Waals surface area contributed by atoms with Crippen LogP contribution in [0.5, 0.6) is 0 Å². The van der Waals surface area contributed by atoms with Crippen molar-refractivity contribution in [3.8, 4) is 22.3 Å². The number of carbonyl (C=O) groups is 2. The number of nitrogens with zero attached hydrogens (tertiary/aromatic N) is 4. The fourth-order valence-corrected chi connectivity index (χ4v) is 7.83. The van der Waals surface area contributed by atoms with Crippen LogP contribution in [0.4, 0.5) is 38.0 Å². The quantitative estimate of drug-likeness (QED) is 0.0933. The van der Waals surface area contributed by atoms with Crippen molar-refractivity contribution < 1.29 is 35.9 Å². The van der Waals surface area contributed by atoms with Crippen molar-refractivity contribution in [2.75, 3.05) is 36.4 Å². The van der Waals surface area contributed by atoms with Crippen molar-refractivity contribution in [3.63, 3.8) is 0 Å². The fourth-order valence-electron chi connectivity index (χ4n) is 7.83. The van der Waals surface area contributed by atoms with Crippen molar-refractivity contribution in [2.24, 2.45) is 0 Å². The predicted octanol–water partition coefficient (Wildman–Crippen LogP) is 10.8. The zero-order chi connectivity index (χ0) is 41.2. The highest BCUT2D eigenvalue weighted by Gasteiger charge is 2.40. The Kier molecular flexibility index (Phi) is 11.3. The number of imidazole rings is 1. The first-order valence-electron chi connectivity index (χ1n) is 19.1. The molecule has 1 heterocycles. The number of aryl methyl sites for hydroxylation is 1. The van der Waals surface area contributed by atoms with Gasteiger partial charge in [-0.25, -0.2) is 4.98 Å². The molecule has 2 amide bonds. The molecule has 0 saturated carbocycles. The van der Waals surface area contributed by atoms with Gasteiger partial charge in [0.15, 0.2) is 0 Å². The summed E-state index contributed by atoms with van der Waals surface area (Å²) in [6, 6.07) is 31.3. The monoisotopic (exact) mass is 797 g/mol. The van der Waals surface area contributed by atoms with Crippen LogP contribution in [0.25, 0.3) is 33.3 Å². The van der Waals surface area contributed by atoms with Crippen LogP contribution in [0.2, 0.25) is 0 Å². The predicted molar refractivity (Wildman–Crippen MR) is 214 cm³/mol. The molecule has 7 rings (SSSR count). The SMILES string of the molecule is CCN(CC)c1nc2c(NC(=O)c3ccccc3-c3ccc(C(F)(F)F)cc3)cccc2n1CCCCN(CC(F)(F)F)C(=O)C1c2ccccc2-c2ccccc21. The van der Waals surface area contributed by atoms with Crippen LogP contribution in [0.3, 0.4) is 0 Å². The molecule has 58 heavy (non-hydrogen) atoms. The third-order valence-corrected chi connectivity index (χ3v) is 10.6. The molecule has 0 bridgehead atoms. The van der Waals surface area contributed by atoms with Crippen LogP contribution in [0.1, 0.15) is 59.7 Å². The smallest absolute Gasteiger partial charge is 0.343 e. The first-order valence-corrected chi connectivity index (χ1v) is 19.1. The molecule has 1 N–H and O–H groups in total. The molecule has 0 saturated heterocycles. The molecule has 0 fully saturated rings. The summed E-state index contributed by atoms with van der Waals surface area (Å²) < 4.78 is 83.7. The second kappa shape index (κ2) is 16.4. The van der Waals surface area contributed by atoms with Crippen LogP contribution >= 0.6 is 0 Å². The van der Waals surface area contributed by atoms with Gasteiger partial charge in [-0.1, -0.05) is 84.9 Å². The summed E-state index contributed by atoms with van der Waals surface area (Å²) in [6.45, 7) is 4.09. The summed E-state index contributed by atoms with van der Waals surface area (Å²) in [7, 11) is 0. The summed E-state index contributed by atoms with van der Waals surface area (Å²) in [5.74, 6) is -1.29. The number of anilines is 2. The molecule has 1 aliphatic rings. The van der Waals surface area contributed by atoms with Crippen LogP contribution < -0.4 is 10.2 Å². The maximum atomic E-state index is 14.1. The highest BCUT2D eigenvalue weighted by Crippen LogP contribution is 2.45. The summed E-state index contributed by atoms with van der Waals surface area (Å²) in [6.07, 6.45) is -8.38. The Morgan fingerprint density at radius 1 is 0.724 bits per heavy atom. The number of alkyl halides is 6. The number of fused-ring (bicyclic) bond motifs is 4. The lowest BCUT2D eigenvalue weighted by Crippen LogP contribution is -2.42. The zero-order valence-corrected chi connectivity index (χ0v) is 31.9. The zero-order valence-electron chi connectivity index (χ0n) is 31.9. The molecular formula is C45H41F6N5O2. The number of hydrogen-bond donors (Lipinski definition) is 1. The van der Waals surface area contributed by atoms with E-state index in [2.05, 4.69) is 5.32 Å². The lowest BCUT2D eigenvalue weighted by atomic mass is 9.95. The van der Waals surface area contributed by atoms with Crippen LogP contribution in [0, 0.1) is 0 Å². The van der Waals surface area contributed by atoms with Gasteiger partial charge in [-0.05, 0) is 90.4 Å². The number of carbonyl (C=O) groups excluding carboxylic acids is 2. The summed E-state index contributed by atoms with van der Waals surface area (Å²) in [4.78, 5) is 35.8. The Labute approximate surface area is 331 Å². The second-order valence-corrected chi connectivity index (χ2v) is 14.2. The number of rotatable bonds is 13. The molecule has 13 heteroatoms. The van der Waals surface area contributed by atoms with Crippen molar-refractivity contribution in [1.82, 2.24) is 14.5 Å². The van der Waals surface area contributed by atoms with Crippen LogP contribution in [0.15, 0.2) is 115 Å². The minimum Gasteiger partial charge on any atom is -0.343 e. The number of aromatic nitrogens is 2. The number of hydrogen-bond acceptors (Lipinski definition) is 4. The van der Waals surface area contributed by atoms with E-state index in [-0.39, 0.29) is 18.5 Å². The van der Waals surface area contributed by atoms with Crippen molar-refractivity contribution in [2.45, 2.75) is 51.5 Å². The van der Waals surface area contributed by atoms with E-state index in [9.17, 15) is 35.9 Å². The van der Waals surface area contributed by atoms with Gasteiger partial charge >= 0.3 is 12.4 Å². The number of halogens is 6. The van der Waals surface area contributed by atoms with E-state index in [1.54, 1.807) is 60.7 Å². The molecule has 6 aromatic rings. The van der Waals surface area contributed by atoms with Crippen molar-refractivity contribution in [3.05, 3.63) is 138 Å². The average Bonchev–Trinajstić information content (AvgIpc) is 3.75. The molecular weight excluding hydrogens is 757 g/mol. The summed E-state index contributed by atoms with van der Waals surface area (Å²) >= 11 is 0. The normalized spacial score (nSPS) is 12.7. The van der Waals surface area contributed by atoms with Crippen molar-refractivity contribution in [1.29, 1.82) is 0 Å². The van der Waals surface area contributed by atoms with E-state index >= 15 is 0 Å². The van der Waals surface area contributed by atoms with Gasteiger partial charge in [0.05, 0.1) is 22.7 Å². The minimum absolute atomic E-state index is 0.105. The standard InChI is InChI=1S/C45H41F6N5O2/c1-3-54(4-2)43-53-40-37(52-41(57)36-19-10-5-14-31(36)29-22-24-30(25-23-29)45(49,50)51)20-13-21-38(40)56(43)27-12-11-26-55(28-44(46,47)48)42(58)39-34-17-8-6-15-32(34)33-16-7-9-18-35(33)39/h5-10,13-25,39H,3-4,11-12,26-28H2,1-2H3,(H,52,57). The first-order chi connectivity index (χ1) is 27.8. The van der Waals surface area contributed by atoms with Gasteiger partial charge in [0.1, 0.15) is 12.1 Å². The average molecular weight is 798 g/mol. The molecule has 0 unspecified atom stereocenters. The fraction of sp³-hybridized carbons (Fsp3) is 0.267. The minimum atomic E-state index is -4.59. The molecule has 0 atom stereocenters. The van der Waals surface area contributed by atoms with Crippen molar-refractivity contribution >= 4 is 34.5 Å². The maximum Gasteiger partial charge on any atom is 0.416 e. The lowest BCUT2D eigenvalue weighted by molar-refractivity contribution is -0.161. The molecule has 0 spiro atoms. The van der Waals surface area contributed by atoms with Gasteiger partial charge in [0.2, 0.25) is 11.9 Å². The molecule has 300 valence electrons. The Hall–Kier alpha value is -6.11. The number of amides is 2. The molecule has 5 aromatic carbocycles. The third-order valence-electron chi connectivity index (χ3n) is 10.6. The molecule has 1 aliphatic carbocycles. The highest BCUT2D eigenvalue weighted by atomic mass is 19.4. The third kappa shape index (κ3) is 8.16. The van der Waals surface area contributed by atoms with Gasteiger partial charge in [-0.15, -0.1) is 0 Å². The van der Waals surface area contributed by atoms with E-state index < -0.39 is 42.2 Å². The molecule has 0 radical (unpaired) electrons. The van der Waals surface area contributed by atoms with Gasteiger partial charge in [0, 0.05) is 31.7 Å². The van der Waals surface area contributed by atoms with Crippen LogP contribution in [-0.4, -0.2) is 58.6 Å². The van der Waals surface area contributed by atoms with E-state index in [1.165, 1.54) is 12.1 Å². The maximum absolute atomic E-state index is 14.1. The van der Waals surface area contributed by atoms with E-state index in [1.807, 2.05) is 53.6 Å². The Balaban J connectivity index is 1.12. The summed E-state index contributed by atoms with van der Waals surface area (Å²) in [5, 5.41) is 2.96. The molecule has 7 nitrogen and oxygen atoms in total. The molecule has 1 aromatic heterocycles. The number of unbranched alkanes of at least 4 members (excludes halogenated alkanes) is 1. The van der Waals surface area contributed by atoms with Gasteiger partial charge in [-0.3, -0.25) is 9.59 Å². The van der Waals surface area contributed by atoms with E-state index in [4.69, 9.17) is 4.98 Å². The highest BCUT2D eigenvalue weighted by molar-refractivity contribution is 6.11. The van der Waals surface area contributed by atoms with E-state index in [0.29, 0.717) is 71.0 Å². The van der Waals surface area contributed by atoms with Crippen LogP contribution in [-0.2, 0) is 17.5 Å². The number of benzene rings is 5. The molecule has 0 aliphatic heterocycles. The number of nitrogens with one attached hydrogen (secondary N) is 1. The first kappa shape index (κ1) is 40.1. The van der Waals surface area contributed by atoms with Gasteiger partial charge in [0.25, 0.3) is 5.91 Å². The van der Waals surface area contributed by atoms with E-state index in [0.717, 1.165) is 28.2 Å². The Bertz CT molecular complexity index is 2390. The lowest BCUT2D eigenvalue weighted by Gasteiger charge is -2.28. The summed E-state index contributed by atoms with van der Waals surface area (Å²) in [5.41, 5.74) is 5.04. The topological polar surface area (TPSA) is 70.5 Å². The van der Waals surface area contributed by atoms with Gasteiger partial charge < -0.3 is 19.7 Å².